The number of ether oxygens (including phenoxy) is 1. The Bertz CT molecular complexity index is 958. The third-order valence-electron chi connectivity index (χ3n) is 4.44. The molecule has 0 unspecified atom stereocenters. The Morgan fingerprint density at radius 3 is 2.96 bits per heavy atom. The summed E-state index contributed by atoms with van der Waals surface area (Å²) in [6, 6.07) is 3.72. The summed E-state index contributed by atoms with van der Waals surface area (Å²) in [5.41, 5.74) is 3.06. The molecule has 0 atom stereocenters. The van der Waals surface area contributed by atoms with Crippen molar-refractivity contribution in [2.24, 2.45) is 0 Å². The molecule has 1 fully saturated rings. The number of aromatic nitrogens is 5. The Morgan fingerprint density at radius 2 is 2.15 bits per heavy atom. The van der Waals surface area contributed by atoms with E-state index in [0.29, 0.717) is 12.0 Å². The number of hydrogen-bond acceptors (Lipinski definition) is 6. The van der Waals surface area contributed by atoms with Gasteiger partial charge in [0.15, 0.2) is 0 Å². The minimum absolute atomic E-state index is 0.159. The van der Waals surface area contributed by atoms with Crippen LogP contribution in [0.1, 0.15) is 24.4 Å². The first-order valence-corrected chi connectivity index (χ1v) is 8.61. The topological polar surface area (TPSA) is 97.7 Å². The molecule has 0 aliphatic carbocycles. The molecule has 26 heavy (non-hydrogen) atoms. The number of nitrogens with one attached hydrogen (secondary N) is 2. The standard InChI is InChI=1S/C18H20N6O2/c1-12-9-20-18(23-17(12)13-2-5-19-16(25)8-13)22-14-10-21-24(11-14)15-3-6-26-7-4-15/h2,5,8-11,15H,3-4,6-7H2,1H3,(H,19,25)(H,20,22,23). The van der Waals surface area contributed by atoms with Crippen LogP contribution in [0.25, 0.3) is 11.3 Å². The van der Waals surface area contributed by atoms with Gasteiger partial charge in [0.05, 0.1) is 23.6 Å². The summed E-state index contributed by atoms with van der Waals surface area (Å²) in [6.07, 6.45) is 9.03. The number of pyridine rings is 1. The highest BCUT2D eigenvalue weighted by molar-refractivity contribution is 5.64. The van der Waals surface area contributed by atoms with Crippen molar-refractivity contribution in [1.29, 1.82) is 0 Å². The largest absolute Gasteiger partial charge is 0.381 e. The van der Waals surface area contributed by atoms with E-state index in [0.717, 1.165) is 48.6 Å². The quantitative estimate of drug-likeness (QED) is 0.748. The fourth-order valence-electron chi connectivity index (χ4n) is 3.07. The number of anilines is 2. The Hall–Kier alpha value is -3.00. The smallest absolute Gasteiger partial charge is 0.248 e. The van der Waals surface area contributed by atoms with Crippen LogP contribution in [0.3, 0.4) is 0 Å². The van der Waals surface area contributed by atoms with Gasteiger partial charge in [-0.25, -0.2) is 9.97 Å². The number of hydrogen-bond donors (Lipinski definition) is 2. The van der Waals surface area contributed by atoms with E-state index in [-0.39, 0.29) is 5.56 Å². The van der Waals surface area contributed by atoms with Crippen LogP contribution in [0.5, 0.6) is 0 Å². The monoisotopic (exact) mass is 352 g/mol. The van der Waals surface area contributed by atoms with Crippen molar-refractivity contribution in [3.8, 4) is 11.3 Å². The van der Waals surface area contributed by atoms with Crippen LogP contribution in [-0.2, 0) is 4.74 Å². The molecule has 3 aromatic heterocycles. The van der Waals surface area contributed by atoms with Gasteiger partial charge in [0.1, 0.15) is 0 Å². The minimum Gasteiger partial charge on any atom is -0.381 e. The van der Waals surface area contributed by atoms with E-state index < -0.39 is 0 Å². The van der Waals surface area contributed by atoms with Gasteiger partial charge in [-0.15, -0.1) is 0 Å². The predicted octanol–water partition coefficient (Wildman–Crippen LogP) is 2.43. The molecule has 1 aliphatic heterocycles. The molecule has 0 aromatic carbocycles. The maximum atomic E-state index is 11.6. The van der Waals surface area contributed by atoms with Crippen LogP contribution < -0.4 is 10.9 Å². The van der Waals surface area contributed by atoms with Gasteiger partial charge in [-0.05, 0) is 31.4 Å². The van der Waals surface area contributed by atoms with E-state index in [9.17, 15) is 4.79 Å². The molecule has 0 amide bonds. The van der Waals surface area contributed by atoms with E-state index in [4.69, 9.17) is 4.74 Å². The maximum Gasteiger partial charge on any atom is 0.248 e. The fraction of sp³-hybridized carbons (Fsp3) is 0.333. The highest BCUT2D eigenvalue weighted by Gasteiger charge is 2.16. The van der Waals surface area contributed by atoms with E-state index in [1.807, 2.05) is 23.9 Å². The average molecular weight is 352 g/mol. The van der Waals surface area contributed by atoms with Crippen molar-refractivity contribution in [2.45, 2.75) is 25.8 Å². The van der Waals surface area contributed by atoms with Gasteiger partial charge in [-0.3, -0.25) is 9.48 Å². The molecule has 134 valence electrons. The van der Waals surface area contributed by atoms with Crippen LogP contribution in [0.15, 0.2) is 41.7 Å². The molecule has 0 spiro atoms. The molecule has 0 saturated carbocycles. The van der Waals surface area contributed by atoms with Crippen molar-refractivity contribution in [3.05, 3.63) is 52.8 Å². The van der Waals surface area contributed by atoms with Crippen LogP contribution in [0.2, 0.25) is 0 Å². The molecular weight excluding hydrogens is 332 g/mol. The fourth-order valence-corrected chi connectivity index (χ4v) is 3.07. The first-order valence-electron chi connectivity index (χ1n) is 8.61. The van der Waals surface area contributed by atoms with E-state index in [2.05, 4.69) is 25.4 Å². The third kappa shape index (κ3) is 3.50. The Morgan fingerprint density at radius 1 is 1.31 bits per heavy atom. The van der Waals surface area contributed by atoms with Gasteiger partial charge >= 0.3 is 0 Å². The predicted molar refractivity (Wildman–Crippen MR) is 97.4 cm³/mol. The minimum atomic E-state index is -0.159. The summed E-state index contributed by atoms with van der Waals surface area (Å²) in [5, 5.41) is 7.64. The molecular formula is C18H20N6O2. The van der Waals surface area contributed by atoms with E-state index in [1.165, 1.54) is 6.07 Å². The molecule has 2 N–H and O–H groups in total. The van der Waals surface area contributed by atoms with Crippen LogP contribution in [-0.4, -0.2) is 37.9 Å². The highest BCUT2D eigenvalue weighted by Crippen LogP contribution is 2.24. The summed E-state index contributed by atoms with van der Waals surface area (Å²) >= 11 is 0. The summed E-state index contributed by atoms with van der Waals surface area (Å²) in [6.45, 7) is 3.46. The number of aromatic amines is 1. The SMILES string of the molecule is Cc1cnc(Nc2cnn(C3CCOCC3)c2)nc1-c1cc[nH]c(=O)c1. The van der Waals surface area contributed by atoms with Crippen LogP contribution in [0.4, 0.5) is 11.6 Å². The van der Waals surface area contributed by atoms with Crippen molar-refractivity contribution in [3.63, 3.8) is 0 Å². The molecule has 8 nitrogen and oxygen atoms in total. The van der Waals surface area contributed by atoms with Gasteiger partial charge in [-0.1, -0.05) is 0 Å². The number of H-pyrrole nitrogens is 1. The molecule has 4 heterocycles. The number of rotatable bonds is 4. The first-order chi connectivity index (χ1) is 12.7. The lowest BCUT2D eigenvalue weighted by Crippen LogP contribution is -2.19. The number of nitrogens with zero attached hydrogens (tertiary/aromatic N) is 4. The molecule has 1 aliphatic rings. The Kier molecular flexibility index (Phi) is 4.49. The Balaban J connectivity index is 1.56. The highest BCUT2D eigenvalue weighted by atomic mass is 16.5. The van der Waals surface area contributed by atoms with E-state index in [1.54, 1.807) is 18.6 Å². The zero-order chi connectivity index (χ0) is 17.9. The lowest BCUT2D eigenvalue weighted by Gasteiger charge is -2.22. The molecule has 0 radical (unpaired) electrons. The molecule has 4 rings (SSSR count). The average Bonchev–Trinajstić information content (AvgIpc) is 3.12. The molecule has 8 heteroatoms. The normalized spacial score (nSPS) is 15.1. The summed E-state index contributed by atoms with van der Waals surface area (Å²) < 4.78 is 7.37. The first kappa shape index (κ1) is 16.5. The summed E-state index contributed by atoms with van der Waals surface area (Å²) in [5.74, 6) is 0.470. The second kappa shape index (κ2) is 7.09. The van der Waals surface area contributed by atoms with E-state index >= 15 is 0 Å². The summed E-state index contributed by atoms with van der Waals surface area (Å²) in [7, 11) is 0. The number of aryl methyl sites for hydroxylation is 1. The zero-order valence-corrected chi connectivity index (χ0v) is 14.5. The third-order valence-corrected chi connectivity index (χ3v) is 4.44. The van der Waals surface area contributed by atoms with Gasteiger partial charge < -0.3 is 15.0 Å². The Labute approximate surface area is 150 Å². The molecule has 3 aromatic rings. The maximum absolute atomic E-state index is 11.6. The van der Waals surface area contributed by atoms with Crippen molar-refractivity contribution >= 4 is 11.6 Å². The van der Waals surface area contributed by atoms with Crippen LogP contribution >= 0.6 is 0 Å². The lowest BCUT2D eigenvalue weighted by atomic mass is 10.1. The van der Waals surface area contributed by atoms with Crippen molar-refractivity contribution in [2.75, 3.05) is 18.5 Å². The second-order valence-corrected chi connectivity index (χ2v) is 6.34. The zero-order valence-electron chi connectivity index (χ0n) is 14.5. The van der Waals surface area contributed by atoms with Gasteiger partial charge in [0.25, 0.3) is 0 Å². The van der Waals surface area contributed by atoms with Gasteiger partial charge in [0, 0.05) is 43.4 Å². The van der Waals surface area contributed by atoms with Crippen molar-refractivity contribution in [1.82, 2.24) is 24.7 Å². The molecule has 1 saturated heterocycles. The van der Waals surface area contributed by atoms with Gasteiger partial charge in [-0.2, -0.15) is 5.10 Å². The van der Waals surface area contributed by atoms with Gasteiger partial charge in [0.2, 0.25) is 11.5 Å². The second-order valence-electron chi connectivity index (χ2n) is 6.34. The molecule has 0 bridgehead atoms. The summed E-state index contributed by atoms with van der Waals surface area (Å²) in [4.78, 5) is 23.1. The van der Waals surface area contributed by atoms with Crippen molar-refractivity contribution < 1.29 is 4.74 Å². The van der Waals surface area contributed by atoms with Crippen LogP contribution in [0, 0.1) is 6.92 Å². The lowest BCUT2D eigenvalue weighted by molar-refractivity contribution is 0.0662.